The fourth-order valence-electron chi connectivity index (χ4n) is 3.37. The quantitative estimate of drug-likeness (QED) is 0.830. The number of rotatable bonds is 6. The lowest BCUT2D eigenvalue weighted by molar-refractivity contribution is -0.121. The Morgan fingerprint density at radius 1 is 1.12 bits per heavy atom. The zero-order valence-electron chi connectivity index (χ0n) is 15.7. The zero-order valence-corrected chi connectivity index (χ0v) is 15.7. The van der Waals surface area contributed by atoms with Gasteiger partial charge in [-0.1, -0.05) is 67.6 Å². The van der Waals surface area contributed by atoms with Crippen molar-refractivity contribution in [3.05, 3.63) is 77.4 Å². The van der Waals surface area contributed by atoms with Gasteiger partial charge in [-0.2, -0.15) is 0 Å². The molecule has 1 heterocycles. The van der Waals surface area contributed by atoms with E-state index < -0.39 is 0 Å². The van der Waals surface area contributed by atoms with E-state index in [1.807, 2.05) is 13.8 Å². The summed E-state index contributed by atoms with van der Waals surface area (Å²) in [5, 5.41) is 3.01. The van der Waals surface area contributed by atoms with Crippen molar-refractivity contribution in [2.24, 2.45) is 0 Å². The van der Waals surface area contributed by atoms with Crippen molar-refractivity contribution < 1.29 is 4.79 Å². The van der Waals surface area contributed by atoms with E-state index in [0.29, 0.717) is 6.42 Å². The third-order valence-electron chi connectivity index (χ3n) is 5.02. The molecule has 136 valence electrons. The second-order valence-electron chi connectivity index (χ2n) is 6.96. The summed E-state index contributed by atoms with van der Waals surface area (Å²) in [6, 6.07) is 19.3. The van der Waals surface area contributed by atoms with Gasteiger partial charge >= 0.3 is 0 Å². The highest BCUT2D eigenvalue weighted by molar-refractivity contribution is 5.76. The predicted molar refractivity (Wildman–Crippen MR) is 108 cm³/mol. The second kappa shape index (κ2) is 8.81. The molecule has 0 bridgehead atoms. The first kappa shape index (κ1) is 18.4. The molecule has 0 aliphatic carbocycles. The van der Waals surface area contributed by atoms with Crippen molar-refractivity contribution in [3.63, 3.8) is 0 Å². The van der Waals surface area contributed by atoms with E-state index in [0.717, 1.165) is 31.6 Å². The highest BCUT2D eigenvalue weighted by Gasteiger charge is 2.14. The molecule has 1 aliphatic rings. The maximum absolute atomic E-state index is 11.5. The minimum atomic E-state index is 0.0539. The molecule has 2 aromatic carbocycles. The minimum absolute atomic E-state index is 0.0539. The number of benzene rings is 2. The summed E-state index contributed by atoms with van der Waals surface area (Å²) >= 11 is 0. The summed E-state index contributed by atoms with van der Waals surface area (Å²) in [6.45, 7) is 7.00. The van der Waals surface area contributed by atoms with Gasteiger partial charge in [0.25, 0.3) is 0 Å². The first-order valence-electron chi connectivity index (χ1n) is 9.50. The number of nitrogens with zero attached hydrogens (tertiary/aromatic N) is 1. The van der Waals surface area contributed by atoms with Crippen molar-refractivity contribution in [3.8, 4) is 0 Å². The van der Waals surface area contributed by atoms with E-state index in [-0.39, 0.29) is 11.9 Å². The van der Waals surface area contributed by atoms with Gasteiger partial charge in [-0.25, -0.2) is 0 Å². The van der Waals surface area contributed by atoms with Gasteiger partial charge in [0.1, 0.15) is 0 Å². The molecule has 1 atom stereocenters. The van der Waals surface area contributed by atoms with Gasteiger partial charge in [0, 0.05) is 26.1 Å². The fourth-order valence-corrected chi connectivity index (χ4v) is 3.37. The van der Waals surface area contributed by atoms with Gasteiger partial charge in [-0.15, -0.1) is 0 Å². The second-order valence-corrected chi connectivity index (χ2v) is 6.96. The van der Waals surface area contributed by atoms with Gasteiger partial charge in [0.15, 0.2) is 0 Å². The highest BCUT2D eigenvalue weighted by atomic mass is 16.1. The molecule has 0 saturated carbocycles. The summed E-state index contributed by atoms with van der Waals surface area (Å²) < 4.78 is 0. The van der Waals surface area contributed by atoms with Gasteiger partial charge < -0.3 is 5.32 Å². The molecule has 3 rings (SSSR count). The van der Waals surface area contributed by atoms with Crippen molar-refractivity contribution in [1.82, 2.24) is 10.2 Å². The van der Waals surface area contributed by atoms with E-state index >= 15 is 0 Å². The Balaban J connectivity index is 1.59. The van der Waals surface area contributed by atoms with Crippen LogP contribution < -0.4 is 5.32 Å². The summed E-state index contributed by atoms with van der Waals surface area (Å²) in [5.41, 5.74) is 5.24. The third-order valence-corrected chi connectivity index (χ3v) is 5.02. The Morgan fingerprint density at radius 3 is 2.46 bits per heavy atom. The summed E-state index contributed by atoms with van der Waals surface area (Å²) in [7, 11) is 0. The van der Waals surface area contributed by atoms with Crippen LogP contribution in [0.25, 0.3) is 5.57 Å². The monoisotopic (exact) mass is 348 g/mol. The standard InChI is InChI=1S/C23H28N2O/c1-3-23(26)24-18(2)20-9-11-21(12-10-20)22-13-15-25(16-14-22)17-19-7-5-4-6-8-19/h4-13,18H,3,14-17H2,1-2H3,(H,24,26)/t18-/m0/s1. The SMILES string of the molecule is CCC(=O)N[C@@H](C)c1ccc(C2=CCN(Cc3ccccc3)CC2)cc1. The largest absolute Gasteiger partial charge is 0.350 e. The van der Waals surface area contributed by atoms with E-state index in [2.05, 4.69) is 70.9 Å². The molecule has 1 amide bonds. The average molecular weight is 348 g/mol. The van der Waals surface area contributed by atoms with Crippen LogP contribution in [0.15, 0.2) is 60.7 Å². The Bertz CT molecular complexity index is 750. The number of carbonyl (C=O) groups excluding carboxylic acids is 1. The lowest BCUT2D eigenvalue weighted by atomic mass is 9.97. The molecular formula is C23H28N2O. The molecule has 0 unspecified atom stereocenters. The van der Waals surface area contributed by atoms with Gasteiger partial charge in [-0.3, -0.25) is 9.69 Å². The van der Waals surface area contributed by atoms with E-state index in [1.165, 1.54) is 16.7 Å². The van der Waals surface area contributed by atoms with E-state index in [1.54, 1.807) is 0 Å². The first-order valence-corrected chi connectivity index (χ1v) is 9.50. The molecule has 0 saturated heterocycles. The highest BCUT2D eigenvalue weighted by Crippen LogP contribution is 2.24. The van der Waals surface area contributed by atoms with Crippen LogP contribution in [0.4, 0.5) is 0 Å². The molecule has 3 nitrogen and oxygen atoms in total. The van der Waals surface area contributed by atoms with Crippen molar-refractivity contribution >= 4 is 11.5 Å². The number of hydrogen-bond donors (Lipinski definition) is 1. The average Bonchev–Trinajstić information content (AvgIpc) is 2.69. The molecule has 1 N–H and O–H groups in total. The number of carbonyl (C=O) groups is 1. The molecule has 0 spiro atoms. The normalized spacial score (nSPS) is 16.0. The van der Waals surface area contributed by atoms with Crippen molar-refractivity contribution in [1.29, 1.82) is 0 Å². The molecule has 26 heavy (non-hydrogen) atoms. The maximum atomic E-state index is 11.5. The Morgan fingerprint density at radius 2 is 1.85 bits per heavy atom. The first-order chi connectivity index (χ1) is 12.7. The smallest absolute Gasteiger partial charge is 0.220 e. The number of hydrogen-bond acceptors (Lipinski definition) is 2. The van der Waals surface area contributed by atoms with Crippen LogP contribution in [0, 0.1) is 0 Å². The topological polar surface area (TPSA) is 32.3 Å². The fraction of sp³-hybridized carbons (Fsp3) is 0.348. The van der Waals surface area contributed by atoms with Crippen LogP contribution in [0.2, 0.25) is 0 Å². The van der Waals surface area contributed by atoms with Crippen molar-refractivity contribution in [2.45, 2.75) is 39.3 Å². The van der Waals surface area contributed by atoms with Gasteiger partial charge in [0.05, 0.1) is 6.04 Å². The Kier molecular flexibility index (Phi) is 6.24. The van der Waals surface area contributed by atoms with Crippen LogP contribution in [-0.2, 0) is 11.3 Å². The molecule has 0 aromatic heterocycles. The molecule has 1 aliphatic heterocycles. The van der Waals surface area contributed by atoms with Crippen LogP contribution in [0.1, 0.15) is 49.4 Å². The molecule has 0 fully saturated rings. The van der Waals surface area contributed by atoms with Crippen LogP contribution in [-0.4, -0.2) is 23.9 Å². The summed E-state index contributed by atoms with van der Waals surface area (Å²) in [6.07, 6.45) is 3.95. The summed E-state index contributed by atoms with van der Waals surface area (Å²) in [5.74, 6) is 0.0927. The molecule has 0 radical (unpaired) electrons. The van der Waals surface area contributed by atoms with E-state index in [4.69, 9.17) is 0 Å². The Hall–Kier alpha value is -2.39. The Labute approximate surface area is 156 Å². The lowest BCUT2D eigenvalue weighted by Gasteiger charge is -2.26. The number of nitrogens with one attached hydrogen (secondary N) is 1. The van der Waals surface area contributed by atoms with E-state index in [9.17, 15) is 4.79 Å². The minimum Gasteiger partial charge on any atom is -0.350 e. The van der Waals surface area contributed by atoms with Gasteiger partial charge in [0.2, 0.25) is 5.91 Å². The van der Waals surface area contributed by atoms with Crippen LogP contribution in [0.3, 0.4) is 0 Å². The maximum Gasteiger partial charge on any atom is 0.220 e. The summed E-state index contributed by atoms with van der Waals surface area (Å²) in [4.78, 5) is 14.0. The number of amides is 1. The van der Waals surface area contributed by atoms with Gasteiger partial charge in [-0.05, 0) is 35.6 Å². The van der Waals surface area contributed by atoms with Crippen molar-refractivity contribution in [2.75, 3.05) is 13.1 Å². The molecule has 2 aromatic rings. The van der Waals surface area contributed by atoms with Crippen LogP contribution >= 0.6 is 0 Å². The predicted octanol–water partition coefficient (Wildman–Crippen LogP) is 4.56. The molecule has 3 heteroatoms. The third kappa shape index (κ3) is 4.83. The lowest BCUT2D eigenvalue weighted by Crippen LogP contribution is -2.28. The van der Waals surface area contributed by atoms with Crippen LogP contribution in [0.5, 0.6) is 0 Å². The molecular weight excluding hydrogens is 320 g/mol. The zero-order chi connectivity index (χ0) is 18.4.